The van der Waals surface area contributed by atoms with Crippen molar-refractivity contribution in [2.24, 2.45) is 0 Å². The quantitative estimate of drug-likeness (QED) is 0.674. The van der Waals surface area contributed by atoms with Crippen LogP contribution in [0.3, 0.4) is 0 Å². The molecule has 0 radical (unpaired) electrons. The molecule has 1 aromatic heterocycles. The second-order valence-electron chi connectivity index (χ2n) is 7.51. The van der Waals surface area contributed by atoms with Crippen LogP contribution >= 0.6 is 0 Å². The van der Waals surface area contributed by atoms with Gasteiger partial charge in [0.05, 0.1) is 45.5 Å². The summed E-state index contributed by atoms with van der Waals surface area (Å²) in [5, 5.41) is 0.908. The van der Waals surface area contributed by atoms with Gasteiger partial charge >= 0.3 is 0 Å². The van der Waals surface area contributed by atoms with Gasteiger partial charge in [0, 0.05) is 18.1 Å². The van der Waals surface area contributed by atoms with Gasteiger partial charge in [0.1, 0.15) is 23.7 Å². The number of hydrogen-bond donors (Lipinski definition) is 1. The fraction of sp³-hybridized carbons (Fsp3) is 0.348. The van der Waals surface area contributed by atoms with E-state index >= 15 is 0 Å². The summed E-state index contributed by atoms with van der Waals surface area (Å²) in [7, 11) is 3.20. The van der Waals surface area contributed by atoms with E-state index in [0.29, 0.717) is 43.3 Å². The number of furan rings is 1. The van der Waals surface area contributed by atoms with Gasteiger partial charge in [0.25, 0.3) is 5.91 Å². The third-order valence-corrected chi connectivity index (χ3v) is 5.62. The van der Waals surface area contributed by atoms with E-state index in [4.69, 9.17) is 13.9 Å². The third kappa shape index (κ3) is 4.04. The van der Waals surface area contributed by atoms with Crippen LogP contribution in [-0.4, -0.2) is 51.2 Å². The molecule has 2 aromatic carbocycles. The molecular formula is C23H26FN2O4+. The number of carbonyl (C=O) groups is 1. The lowest BCUT2D eigenvalue weighted by molar-refractivity contribution is -0.917. The van der Waals surface area contributed by atoms with Crippen molar-refractivity contribution in [1.29, 1.82) is 0 Å². The molecule has 0 spiro atoms. The van der Waals surface area contributed by atoms with Crippen LogP contribution in [0.25, 0.3) is 11.0 Å². The molecule has 0 atom stereocenters. The molecule has 1 aliphatic heterocycles. The smallest absolute Gasteiger partial charge is 0.290 e. The predicted molar refractivity (Wildman–Crippen MR) is 110 cm³/mol. The zero-order valence-corrected chi connectivity index (χ0v) is 17.2. The first-order chi connectivity index (χ1) is 14.6. The first kappa shape index (κ1) is 20.4. The second-order valence-corrected chi connectivity index (χ2v) is 7.51. The first-order valence-electron chi connectivity index (χ1n) is 10.0. The largest absolute Gasteiger partial charge is 0.496 e. The highest BCUT2D eigenvalue weighted by molar-refractivity contribution is 5.99. The number of para-hydroxylation sites is 1. The number of amides is 1. The Kier molecular flexibility index (Phi) is 6.01. The summed E-state index contributed by atoms with van der Waals surface area (Å²) < 4.78 is 30.2. The number of hydrogen-bond acceptors (Lipinski definition) is 4. The summed E-state index contributed by atoms with van der Waals surface area (Å²) >= 11 is 0. The molecule has 1 amide bonds. The molecule has 3 aromatic rings. The van der Waals surface area contributed by atoms with Crippen LogP contribution in [0.5, 0.6) is 5.75 Å². The van der Waals surface area contributed by atoms with Crippen molar-refractivity contribution in [2.75, 3.05) is 40.4 Å². The Bertz CT molecular complexity index is 1040. The minimum atomic E-state index is -0.269. The lowest BCUT2D eigenvalue weighted by Gasteiger charge is -2.32. The number of nitrogens with one attached hydrogen (secondary N) is 1. The number of methoxy groups -OCH3 is 2. The predicted octanol–water partition coefficient (Wildman–Crippen LogP) is 2.27. The van der Waals surface area contributed by atoms with Crippen molar-refractivity contribution in [3.63, 3.8) is 0 Å². The van der Waals surface area contributed by atoms with Gasteiger partial charge in [-0.05, 0) is 24.3 Å². The number of quaternary nitrogens is 1. The Balaban J connectivity index is 1.46. The van der Waals surface area contributed by atoms with Crippen LogP contribution in [-0.2, 0) is 17.9 Å². The van der Waals surface area contributed by atoms with Gasteiger partial charge < -0.3 is 23.7 Å². The topological polar surface area (TPSA) is 56.3 Å². The molecule has 7 heteroatoms. The normalized spacial score (nSPS) is 15.0. The van der Waals surface area contributed by atoms with Crippen molar-refractivity contribution in [2.45, 2.75) is 13.2 Å². The Hall–Kier alpha value is -2.90. The minimum Gasteiger partial charge on any atom is -0.496 e. The second kappa shape index (κ2) is 8.85. The van der Waals surface area contributed by atoms with E-state index in [1.807, 2.05) is 29.2 Å². The van der Waals surface area contributed by atoms with E-state index in [-0.39, 0.29) is 11.7 Å². The van der Waals surface area contributed by atoms with Crippen molar-refractivity contribution >= 4 is 16.9 Å². The SMILES string of the molecule is COCc1c(C(=O)N2CC[NH+](Cc3cc(F)ccc3OC)CC2)oc2ccccc12. The molecule has 158 valence electrons. The molecule has 0 saturated carbocycles. The lowest BCUT2D eigenvalue weighted by Crippen LogP contribution is -3.13. The van der Waals surface area contributed by atoms with Crippen LogP contribution in [0.4, 0.5) is 4.39 Å². The highest BCUT2D eigenvalue weighted by Gasteiger charge is 2.29. The molecule has 4 rings (SSSR count). The number of halogens is 1. The summed E-state index contributed by atoms with van der Waals surface area (Å²) in [6.45, 7) is 3.73. The van der Waals surface area contributed by atoms with Crippen molar-refractivity contribution in [3.05, 3.63) is 65.2 Å². The molecule has 0 aliphatic carbocycles. The number of ether oxygens (including phenoxy) is 2. The zero-order valence-electron chi connectivity index (χ0n) is 17.2. The Morgan fingerprint density at radius 1 is 1.17 bits per heavy atom. The van der Waals surface area contributed by atoms with Gasteiger partial charge in [-0.3, -0.25) is 4.79 Å². The Morgan fingerprint density at radius 3 is 2.67 bits per heavy atom. The maximum Gasteiger partial charge on any atom is 0.290 e. The first-order valence-corrected chi connectivity index (χ1v) is 10.0. The Labute approximate surface area is 174 Å². The van der Waals surface area contributed by atoms with Gasteiger partial charge in [-0.1, -0.05) is 18.2 Å². The van der Waals surface area contributed by atoms with Gasteiger partial charge in [0.2, 0.25) is 0 Å². The van der Waals surface area contributed by atoms with Crippen LogP contribution in [0.2, 0.25) is 0 Å². The molecule has 1 fully saturated rings. The summed E-state index contributed by atoms with van der Waals surface area (Å²) in [6, 6.07) is 12.2. The highest BCUT2D eigenvalue weighted by Crippen LogP contribution is 2.27. The fourth-order valence-electron chi connectivity index (χ4n) is 4.06. The average molecular weight is 413 g/mol. The third-order valence-electron chi connectivity index (χ3n) is 5.62. The van der Waals surface area contributed by atoms with Crippen molar-refractivity contribution < 1.29 is 28.0 Å². The summed E-state index contributed by atoms with van der Waals surface area (Å²) in [5.74, 6) is 0.664. The Morgan fingerprint density at radius 2 is 1.93 bits per heavy atom. The van der Waals surface area contributed by atoms with Gasteiger partial charge in [-0.15, -0.1) is 0 Å². The number of piperazine rings is 1. The number of carbonyl (C=O) groups excluding carboxylic acids is 1. The molecular weight excluding hydrogens is 387 g/mol. The highest BCUT2D eigenvalue weighted by atomic mass is 19.1. The van der Waals surface area contributed by atoms with Gasteiger partial charge in [0.15, 0.2) is 5.76 Å². The van der Waals surface area contributed by atoms with Crippen molar-refractivity contribution in [3.8, 4) is 5.75 Å². The van der Waals surface area contributed by atoms with Crippen LogP contribution < -0.4 is 9.64 Å². The fourth-order valence-corrected chi connectivity index (χ4v) is 4.06. The number of benzene rings is 2. The molecule has 0 unspecified atom stereocenters. The molecule has 1 aliphatic rings. The van der Waals surface area contributed by atoms with E-state index in [2.05, 4.69) is 0 Å². The van der Waals surface area contributed by atoms with Gasteiger partial charge in [-0.25, -0.2) is 4.39 Å². The van der Waals surface area contributed by atoms with Crippen LogP contribution in [0.15, 0.2) is 46.9 Å². The average Bonchev–Trinajstić information content (AvgIpc) is 3.13. The number of rotatable bonds is 6. The summed E-state index contributed by atoms with van der Waals surface area (Å²) in [6.07, 6.45) is 0. The van der Waals surface area contributed by atoms with E-state index in [1.165, 1.54) is 17.0 Å². The maximum atomic E-state index is 13.6. The lowest BCUT2D eigenvalue weighted by atomic mass is 10.1. The maximum absolute atomic E-state index is 13.6. The monoisotopic (exact) mass is 413 g/mol. The van der Waals surface area contributed by atoms with E-state index in [1.54, 1.807) is 20.3 Å². The standard InChI is InChI=1S/C23H25FN2O4/c1-28-15-19-18-5-3-4-6-21(18)30-22(19)23(27)26-11-9-25(10-12-26)14-16-13-17(24)7-8-20(16)29-2/h3-8,13H,9-12,14-15H2,1-2H3/p+1. The molecule has 2 heterocycles. The summed E-state index contributed by atoms with van der Waals surface area (Å²) in [4.78, 5) is 16.3. The van der Waals surface area contributed by atoms with Crippen LogP contribution in [0.1, 0.15) is 21.7 Å². The molecule has 6 nitrogen and oxygen atoms in total. The van der Waals surface area contributed by atoms with Crippen LogP contribution in [0, 0.1) is 5.82 Å². The molecule has 30 heavy (non-hydrogen) atoms. The number of fused-ring (bicyclic) bond motifs is 1. The van der Waals surface area contributed by atoms with E-state index < -0.39 is 0 Å². The minimum absolute atomic E-state index is 0.111. The van der Waals surface area contributed by atoms with E-state index in [0.717, 1.165) is 29.6 Å². The van der Waals surface area contributed by atoms with Crippen molar-refractivity contribution in [1.82, 2.24) is 4.90 Å². The zero-order chi connectivity index (χ0) is 21.1. The molecule has 0 bridgehead atoms. The van der Waals surface area contributed by atoms with Gasteiger partial charge in [-0.2, -0.15) is 0 Å². The summed E-state index contributed by atoms with van der Waals surface area (Å²) in [5.41, 5.74) is 2.32. The van der Waals surface area contributed by atoms with E-state index in [9.17, 15) is 9.18 Å². The number of nitrogens with zero attached hydrogens (tertiary/aromatic N) is 1. The molecule has 1 saturated heterocycles. The molecule has 1 N–H and O–H groups in total.